The zero-order valence-electron chi connectivity index (χ0n) is 14.4. The first-order valence-corrected chi connectivity index (χ1v) is 8.18. The summed E-state index contributed by atoms with van der Waals surface area (Å²) in [6, 6.07) is 15.1. The Labute approximate surface area is 151 Å². The number of hydrogen-bond acceptors (Lipinski definition) is 5. The SMILES string of the molecule is C=CCNC(=O)COc1ccccc1-c1nc(-c2ccccc2C)no1. The number of nitrogens with one attached hydrogen (secondary N) is 1. The van der Waals surface area contributed by atoms with Crippen LogP contribution in [-0.4, -0.2) is 29.2 Å². The van der Waals surface area contributed by atoms with Crippen LogP contribution in [0, 0.1) is 6.92 Å². The van der Waals surface area contributed by atoms with Crippen molar-refractivity contribution < 1.29 is 14.1 Å². The van der Waals surface area contributed by atoms with Crippen molar-refractivity contribution >= 4 is 5.91 Å². The maximum atomic E-state index is 11.7. The normalized spacial score (nSPS) is 10.3. The van der Waals surface area contributed by atoms with Gasteiger partial charge < -0.3 is 14.6 Å². The molecule has 1 amide bonds. The molecule has 1 aromatic heterocycles. The Morgan fingerprint density at radius 2 is 1.92 bits per heavy atom. The van der Waals surface area contributed by atoms with Crippen LogP contribution in [0.15, 0.2) is 65.7 Å². The van der Waals surface area contributed by atoms with Crippen LogP contribution in [0.25, 0.3) is 22.8 Å². The van der Waals surface area contributed by atoms with E-state index < -0.39 is 0 Å². The van der Waals surface area contributed by atoms with E-state index in [1.807, 2.05) is 49.4 Å². The van der Waals surface area contributed by atoms with E-state index in [-0.39, 0.29) is 12.5 Å². The van der Waals surface area contributed by atoms with Crippen LogP contribution in [0.2, 0.25) is 0 Å². The van der Waals surface area contributed by atoms with E-state index >= 15 is 0 Å². The number of aromatic nitrogens is 2. The average Bonchev–Trinajstić information content (AvgIpc) is 3.15. The summed E-state index contributed by atoms with van der Waals surface area (Å²) in [5, 5.41) is 6.73. The molecule has 132 valence electrons. The van der Waals surface area contributed by atoms with Gasteiger partial charge in [-0.1, -0.05) is 47.6 Å². The number of rotatable bonds is 7. The lowest BCUT2D eigenvalue weighted by atomic mass is 10.1. The van der Waals surface area contributed by atoms with E-state index in [4.69, 9.17) is 9.26 Å². The number of ether oxygens (including phenoxy) is 1. The number of carbonyl (C=O) groups excluding carboxylic acids is 1. The van der Waals surface area contributed by atoms with Crippen LogP contribution in [0.5, 0.6) is 5.75 Å². The fraction of sp³-hybridized carbons (Fsp3) is 0.150. The maximum absolute atomic E-state index is 11.7. The number of hydrogen-bond donors (Lipinski definition) is 1. The molecule has 1 N–H and O–H groups in total. The molecule has 26 heavy (non-hydrogen) atoms. The summed E-state index contributed by atoms with van der Waals surface area (Å²) in [5.74, 6) is 1.12. The molecule has 6 heteroatoms. The number of aryl methyl sites for hydroxylation is 1. The summed E-state index contributed by atoms with van der Waals surface area (Å²) < 4.78 is 11.0. The van der Waals surface area contributed by atoms with E-state index in [1.54, 1.807) is 12.1 Å². The van der Waals surface area contributed by atoms with Gasteiger partial charge in [0.25, 0.3) is 11.8 Å². The Balaban J connectivity index is 1.81. The van der Waals surface area contributed by atoms with E-state index in [9.17, 15) is 4.79 Å². The number of benzene rings is 2. The van der Waals surface area contributed by atoms with Crippen molar-refractivity contribution in [3.8, 4) is 28.6 Å². The summed E-state index contributed by atoms with van der Waals surface area (Å²) >= 11 is 0. The van der Waals surface area contributed by atoms with Gasteiger partial charge in [-0.25, -0.2) is 0 Å². The number of para-hydroxylation sites is 1. The number of carbonyl (C=O) groups is 1. The Bertz CT molecular complexity index is 918. The second-order valence-corrected chi connectivity index (χ2v) is 5.62. The molecule has 0 spiro atoms. The lowest BCUT2D eigenvalue weighted by Crippen LogP contribution is -2.28. The fourth-order valence-electron chi connectivity index (χ4n) is 2.42. The average molecular weight is 349 g/mol. The van der Waals surface area contributed by atoms with Crippen molar-refractivity contribution in [1.82, 2.24) is 15.5 Å². The van der Waals surface area contributed by atoms with Crippen molar-refractivity contribution in [1.29, 1.82) is 0 Å². The molecule has 0 saturated carbocycles. The molecule has 0 atom stereocenters. The summed E-state index contributed by atoms with van der Waals surface area (Å²) in [7, 11) is 0. The molecular weight excluding hydrogens is 330 g/mol. The minimum absolute atomic E-state index is 0.107. The zero-order valence-corrected chi connectivity index (χ0v) is 14.4. The van der Waals surface area contributed by atoms with Crippen LogP contribution in [-0.2, 0) is 4.79 Å². The van der Waals surface area contributed by atoms with Gasteiger partial charge in [0.1, 0.15) is 5.75 Å². The Morgan fingerprint density at radius 1 is 1.19 bits per heavy atom. The van der Waals surface area contributed by atoms with Gasteiger partial charge in [-0.05, 0) is 24.6 Å². The van der Waals surface area contributed by atoms with Crippen molar-refractivity contribution in [2.24, 2.45) is 0 Å². The molecular formula is C20H19N3O3. The van der Waals surface area contributed by atoms with Crippen LogP contribution in [0.1, 0.15) is 5.56 Å². The monoisotopic (exact) mass is 349 g/mol. The predicted octanol–water partition coefficient (Wildman–Crippen LogP) is 3.39. The van der Waals surface area contributed by atoms with E-state index in [0.717, 1.165) is 11.1 Å². The van der Waals surface area contributed by atoms with Gasteiger partial charge in [-0.2, -0.15) is 4.98 Å². The Hall–Kier alpha value is -3.41. The minimum atomic E-state index is -0.231. The van der Waals surface area contributed by atoms with Gasteiger partial charge in [-0.15, -0.1) is 6.58 Å². The molecule has 0 aliphatic rings. The lowest BCUT2D eigenvalue weighted by Gasteiger charge is -2.08. The summed E-state index contributed by atoms with van der Waals surface area (Å²) in [6.45, 7) is 5.83. The van der Waals surface area contributed by atoms with E-state index in [1.165, 1.54) is 0 Å². The molecule has 3 aromatic rings. The summed E-state index contributed by atoms with van der Waals surface area (Å²) in [4.78, 5) is 16.2. The predicted molar refractivity (Wildman–Crippen MR) is 98.6 cm³/mol. The van der Waals surface area contributed by atoms with Crippen molar-refractivity contribution in [2.75, 3.05) is 13.2 Å². The van der Waals surface area contributed by atoms with Gasteiger partial charge >= 0.3 is 0 Å². The smallest absolute Gasteiger partial charge is 0.262 e. The first-order chi connectivity index (χ1) is 12.7. The third-order valence-electron chi connectivity index (χ3n) is 3.73. The first kappa shape index (κ1) is 17.4. The fourth-order valence-corrected chi connectivity index (χ4v) is 2.42. The van der Waals surface area contributed by atoms with E-state index in [2.05, 4.69) is 22.0 Å². The molecule has 6 nitrogen and oxygen atoms in total. The molecule has 0 bridgehead atoms. The second kappa shape index (κ2) is 8.11. The highest BCUT2D eigenvalue weighted by Crippen LogP contribution is 2.30. The molecule has 0 aliphatic heterocycles. The van der Waals surface area contributed by atoms with Crippen LogP contribution >= 0.6 is 0 Å². The Kier molecular flexibility index (Phi) is 5.43. The van der Waals surface area contributed by atoms with Crippen molar-refractivity contribution in [3.63, 3.8) is 0 Å². The van der Waals surface area contributed by atoms with Gasteiger partial charge in [0.15, 0.2) is 6.61 Å². The molecule has 0 saturated heterocycles. The quantitative estimate of drug-likeness (QED) is 0.662. The van der Waals surface area contributed by atoms with Crippen LogP contribution in [0.3, 0.4) is 0 Å². The zero-order chi connectivity index (χ0) is 18.4. The van der Waals surface area contributed by atoms with Gasteiger partial charge in [0.2, 0.25) is 5.82 Å². The Morgan fingerprint density at radius 3 is 2.69 bits per heavy atom. The van der Waals surface area contributed by atoms with Gasteiger partial charge in [-0.3, -0.25) is 4.79 Å². The highest BCUT2D eigenvalue weighted by Gasteiger charge is 2.16. The molecule has 3 rings (SSSR count). The van der Waals surface area contributed by atoms with Crippen molar-refractivity contribution in [3.05, 3.63) is 66.7 Å². The van der Waals surface area contributed by atoms with Gasteiger partial charge in [0.05, 0.1) is 5.56 Å². The van der Waals surface area contributed by atoms with Crippen LogP contribution < -0.4 is 10.1 Å². The highest BCUT2D eigenvalue weighted by atomic mass is 16.5. The first-order valence-electron chi connectivity index (χ1n) is 8.18. The molecule has 0 unspecified atom stereocenters. The number of nitrogens with zero attached hydrogens (tertiary/aromatic N) is 2. The van der Waals surface area contributed by atoms with Crippen molar-refractivity contribution in [2.45, 2.75) is 6.92 Å². The topological polar surface area (TPSA) is 77.2 Å². The number of amides is 1. The minimum Gasteiger partial charge on any atom is -0.483 e. The molecule has 0 aliphatic carbocycles. The summed E-state index contributed by atoms with van der Waals surface area (Å²) in [6.07, 6.45) is 1.61. The lowest BCUT2D eigenvalue weighted by molar-refractivity contribution is -0.122. The molecule has 2 aromatic carbocycles. The molecule has 0 radical (unpaired) electrons. The second-order valence-electron chi connectivity index (χ2n) is 5.62. The standard InChI is InChI=1S/C20H19N3O3/c1-3-12-21-18(24)13-25-17-11-7-6-10-16(17)20-22-19(23-26-20)15-9-5-4-8-14(15)2/h3-11H,1,12-13H2,2H3,(H,21,24). The molecule has 0 fully saturated rings. The highest BCUT2D eigenvalue weighted by molar-refractivity contribution is 5.78. The third-order valence-corrected chi connectivity index (χ3v) is 3.73. The van der Waals surface area contributed by atoms with E-state index in [0.29, 0.717) is 29.6 Å². The maximum Gasteiger partial charge on any atom is 0.262 e. The van der Waals surface area contributed by atoms with Gasteiger partial charge in [0, 0.05) is 12.1 Å². The molecule has 1 heterocycles. The third kappa shape index (κ3) is 3.97. The largest absolute Gasteiger partial charge is 0.483 e. The summed E-state index contributed by atoms with van der Waals surface area (Å²) in [5.41, 5.74) is 2.60. The van der Waals surface area contributed by atoms with Crippen LogP contribution in [0.4, 0.5) is 0 Å².